The molecule has 0 saturated heterocycles. The van der Waals surface area contributed by atoms with Gasteiger partial charge in [0.2, 0.25) is 5.13 Å². The molecule has 3 aromatic rings. The number of rotatable bonds is 4. The average Bonchev–Trinajstić information content (AvgIpc) is 3.03. The maximum Gasteiger partial charge on any atom is 0.203 e. The maximum absolute atomic E-state index is 4.55. The summed E-state index contributed by atoms with van der Waals surface area (Å²) < 4.78 is 1.06. The van der Waals surface area contributed by atoms with E-state index in [1.54, 1.807) is 11.3 Å². The van der Waals surface area contributed by atoms with Crippen molar-refractivity contribution in [3.63, 3.8) is 0 Å². The molecule has 0 radical (unpaired) electrons. The number of hydrogen-bond donors (Lipinski definition) is 1. The highest BCUT2D eigenvalue weighted by atomic mass is 79.9. The van der Waals surface area contributed by atoms with E-state index in [9.17, 15) is 0 Å². The molecule has 0 aliphatic carbocycles. The molecule has 0 aliphatic rings. The number of halogens is 1. The first-order chi connectivity index (χ1) is 10.7. The molecule has 3 rings (SSSR count). The van der Waals surface area contributed by atoms with Crippen LogP contribution in [0, 0.1) is 0 Å². The van der Waals surface area contributed by atoms with Gasteiger partial charge < -0.3 is 0 Å². The van der Waals surface area contributed by atoms with Gasteiger partial charge in [-0.1, -0.05) is 58.4 Å². The molecule has 0 amide bonds. The Labute approximate surface area is 141 Å². The highest BCUT2D eigenvalue weighted by Crippen LogP contribution is 2.24. The summed E-state index contributed by atoms with van der Waals surface area (Å²) in [6.45, 7) is 1.97. The number of thiazole rings is 1. The molecule has 0 atom stereocenters. The van der Waals surface area contributed by atoms with Gasteiger partial charge in [0.05, 0.1) is 11.4 Å². The summed E-state index contributed by atoms with van der Waals surface area (Å²) in [5.41, 5.74) is 7.10. The third-order valence-corrected chi connectivity index (χ3v) is 4.43. The zero-order valence-electron chi connectivity index (χ0n) is 12.0. The van der Waals surface area contributed by atoms with E-state index in [0.29, 0.717) is 0 Å². The van der Waals surface area contributed by atoms with Crippen molar-refractivity contribution in [3.05, 3.63) is 70.0 Å². The van der Waals surface area contributed by atoms with E-state index in [1.165, 1.54) is 0 Å². The van der Waals surface area contributed by atoms with E-state index in [0.717, 1.165) is 32.1 Å². The smallest absolute Gasteiger partial charge is 0.203 e. The molecule has 1 N–H and O–H groups in total. The lowest BCUT2D eigenvalue weighted by Crippen LogP contribution is -1.99. The molecule has 0 spiro atoms. The monoisotopic (exact) mass is 371 g/mol. The van der Waals surface area contributed by atoms with Crippen molar-refractivity contribution in [1.29, 1.82) is 0 Å². The number of nitrogens with zero attached hydrogens (tertiary/aromatic N) is 2. The lowest BCUT2D eigenvalue weighted by molar-refractivity contribution is 1.27. The molecule has 3 nitrogen and oxygen atoms in total. The zero-order valence-corrected chi connectivity index (χ0v) is 14.4. The molecule has 0 aliphatic heterocycles. The first-order valence-electron chi connectivity index (χ1n) is 6.79. The van der Waals surface area contributed by atoms with Gasteiger partial charge in [-0.25, -0.2) is 4.98 Å². The second-order valence-corrected chi connectivity index (χ2v) is 6.49. The highest BCUT2D eigenvalue weighted by molar-refractivity contribution is 9.10. The van der Waals surface area contributed by atoms with Crippen LogP contribution in [0.1, 0.15) is 12.5 Å². The van der Waals surface area contributed by atoms with Crippen LogP contribution in [0.15, 0.2) is 69.6 Å². The fraction of sp³-hybridized carbons (Fsp3) is 0.0588. The Balaban J connectivity index is 1.73. The molecule has 5 heteroatoms. The van der Waals surface area contributed by atoms with Gasteiger partial charge in [-0.2, -0.15) is 5.10 Å². The van der Waals surface area contributed by atoms with Crippen LogP contribution in [0.5, 0.6) is 0 Å². The third-order valence-electron chi connectivity index (χ3n) is 3.15. The SMILES string of the molecule is C/C(=N/Nc1nc(-c2ccccc2)cs1)c1ccc(Br)cc1. The number of anilines is 1. The molecule has 0 fully saturated rings. The van der Waals surface area contributed by atoms with Crippen LogP contribution in [0.3, 0.4) is 0 Å². The normalized spacial score (nSPS) is 11.5. The Kier molecular flexibility index (Phi) is 4.65. The minimum absolute atomic E-state index is 0.787. The summed E-state index contributed by atoms with van der Waals surface area (Å²) >= 11 is 4.98. The van der Waals surface area contributed by atoms with Crippen molar-refractivity contribution in [2.75, 3.05) is 5.43 Å². The average molecular weight is 372 g/mol. The summed E-state index contributed by atoms with van der Waals surface area (Å²) in [6.07, 6.45) is 0. The summed E-state index contributed by atoms with van der Waals surface area (Å²) in [4.78, 5) is 4.55. The number of hydrogen-bond acceptors (Lipinski definition) is 4. The maximum atomic E-state index is 4.55. The zero-order chi connectivity index (χ0) is 15.4. The number of benzene rings is 2. The molecule has 0 saturated carbocycles. The summed E-state index contributed by atoms with van der Waals surface area (Å²) in [6, 6.07) is 18.2. The predicted molar refractivity (Wildman–Crippen MR) is 97.5 cm³/mol. The van der Waals surface area contributed by atoms with Crippen molar-refractivity contribution in [2.24, 2.45) is 5.10 Å². The Bertz CT molecular complexity index is 779. The van der Waals surface area contributed by atoms with E-state index in [1.807, 2.05) is 54.8 Å². The van der Waals surface area contributed by atoms with Gasteiger partial charge in [-0.05, 0) is 24.6 Å². The quantitative estimate of drug-likeness (QED) is 0.491. The predicted octanol–water partition coefficient (Wildman–Crippen LogP) is 5.41. The van der Waals surface area contributed by atoms with Crippen molar-refractivity contribution < 1.29 is 0 Å². The number of hydrazone groups is 1. The fourth-order valence-electron chi connectivity index (χ4n) is 1.95. The van der Waals surface area contributed by atoms with E-state index < -0.39 is 0 Å². The van der Waals surface area contributed by atoms with Crippen molar-refractivity contribution in [2.45, 2.75) is 6.92 Å². The second-order valence-electron chi connectivity index (χ2n) is 4.72. The molecule has 2 aromatic carbocycles. The van der Waals surface area contributed by atoms with Crippen molar-refractivity contribution in [3.8, 4) is 11.3 Å². The van der Waals surface area contributed by atoms with Gasteiger partial charge in [-0.3, -0.25) is 5.43 Å². The van der Waals surface area contributed by atoms with E-state index in [2.05, 4.69) is 43.6 Å². The van der Waals surface area contributed by atoms with Crippen LogP contribution >= 0.6 is 27.3 Å². The van der Waals surface area contributed by atoms with Crippen LogP contribution in [-0.2, 0) is 0 Å². The standard InChI is InChI=1S/C17H14BrN3S/c1-12(13-7-9-15(18)10-8-13)20-21-17-19-16(11-22-17)14-5-3-2-4-6-14/h2-11H,1H3,(H,19,21)/b20-12-. The first kappa shape index (κ1) is 14.9. The van der Waals surface area contributed by atoms with Gasteiger partial charge in [0.15, 0.2) is 0 Å². The molecular weight excluding hydrogens is 358 g/mol. The highest BCUT2D eigenvalue weighted by Gasteiger charge is 2.03. The third kappa shape index (κ3) is 3.61. The van der Waals surface area contributed by atoms with Gasteiger partial charge in [0.25, 0.3) is 0 Å². The van der Waals surface area contributed by atoms with Crippen LogP contribution in [-0.4, -0.2) is 10.7 Å². The summed E-state index contributed by atoms with van der Waals surface area (Å²) in [7, 11) is 0. The Morgan fingerprint density at radius 3 is 2.55 bits per heavy atom. The van der Waals surface area contributed by atoms with Gasteiger partial charge in [0.1, 0.15) is 0 Å². The van der Waals surface area contributed by atoms with Crippen LogP contribution < -0.4 is 5.43 Å². The Morgan fingerprint density at radius 2 is 1.82 bits per heavy atom. The molecule has 0 unspecified atom stereocenters. The van der Waals surface area contributed by atoms with Crippen molar-refractivity contribution >= 4 is 38.1 Å². The van der Waals surface area contributed by atoms with Crippen LogP contribution in [0.25, 0.3) is 11.3 Å². The van der Waals surface area contributed by atoms with E-state index >= 15 is 0 Å². The lowest BCUT2D eigenvalue weighted by atomic mass is 10.1. The molecule has 110 valence electrons. The first-order valence-corrected chi connectivity index (χ1v) is 8.47. The second kappa shape index (κ2) is 6.85. The minimum Gasteiger partial charge on any atom is -0.252 e. The number of aromatic nitrogens is 1. The van der Waals surface area contributed by atoms with Crippen LogP contribution in [0.2, 0.25) is 0 Å². The Morgan fingerprint density at radius 1 is 1.09 bits per heavy atom. The molecule has 22 heavy (non-hydrogen) atoms. The summed E-state index contributed by atoms with van der Waals surface area (Å²) in [5.74, 6) is 0. The van der Waals surface area contributed by atoms with Crippen LogP contribution in [0.4, 0.5) is 5.13 Å². The summed E-state index contributed by atoms with van der Waals surface area (Å²) in [5, 5.41) is 7.22. The van der Waals surface area contributed by atoms with E-state index in [-0.39, 0.29) is 0 Å². The van der Waals surface area contributed by atoms with Gasteiger partial charge in [-0.15, -0.1) is 11.3 Å². The topological polar surface area (TPSA) is 37.3 Å². The number of nitrogens with one attached hydrogen (secondary N) is 1. The van der Waals surface area contributed by atoms with Crippen molar-refractivity contribution in [1.82, 2.24) is 4.98 Å². The van der Waals surface area contributed by atoms with Gasteiger partial charge >= 0.3 is 0 Å². The fourth-order valence-corrected chi connectivity index (χ4v) is 2.88. The minimum atomic E-state index is 0.787. The Hall–Kier alpha value is -1.98. The largest absolute Gasteiger partial charge is 0.252 e. The van der Waals surface area contributed by atoms with Gasteiger partial charge in [0, 0.05) is 15.4 Å². The molecule has 1 heterocycles. The molecule has 0 bridgehead atoms. The molecular formula is C17H14BrN3S. The molecule has 1 aromatic heterocycles. The lowest BCUT2D eigenvalue weighted by Gasteiger charge is -2.01. The van der Waals surface area contributed by atoms with E-state index in [4.69, 9.17) is 0 Å².